The molecule has 0 N–H and O–H groups in total. The maximum absolute atomic E-state index is 11.6. The second-order valence-corrected chi connectivity index (χ2v) is 3.67. The van der Waals surface area contributed by atoms with Crippen LogP contribution in [0.2, 0.25) is 0 Å². The summed E-state index contributed by atoms with van der Waals surface area (Å²) in [6.07, 6.45) is 1.66. The van der Waals surface area contributed by atoms with Gasteiger partial charge in [-0.25, -0.2) is 4.79 Å². The van der Waals surface area contributed by atoms with Crippen LogP contribution < -0.4 is 0 Å². The van der Waals surface area contributed by atoms with Gasteiger partial charge in [0, 0.05) is 6.20 Å². The summed E-state index contributed by atoms with van der Waals surface area (Å²) in [6, 6.07) is 3.71. The van der Waals surface area contributed by atoms with Crippen LogP contribution >= 0.6 is 0 Å². The summed E-state index contributed by atoms with van der Waals surface area (Å²) in [6.45, 7) is 3.61. The number of carbonyl (C=O) groups is 1. The third kappa shape index (κ3) is 2.04. The normalized spacial score (nSPS) is 10.3. The molecule has 0 bridgehead atoms. The molecular formula is C12H12N2O3. The molecular weight excluding hydrogens is 220 g/mol. The van der Waals surface area contributed by atoms with Crippen molar-refractivity contribution in [2.24, 2.45) is 0 Å². The molecule has 2 rings (SSSR count). The lowest BCUT2D eigenvalue weighted by molar-refractivity contribution is 0.0599. The number of hydrogen-bond donors (Lipinski definition) is 0. The van der Waals surface area contributed by atoms with E-state index in [-0.39, 0.29) is 0 Å². The summed E-state index contributed by atoms with van der Waals surface area (Å²) in [7, 11) is 1.32. The molecule has 17 heavy (non-hydrogen) atoms. The van der Waals surface area contributed by atoms with E-state index >= 15 is 0 Å². The number of nitrogens with zero attached hydrogens (tertiary/aromatic N) is 2. The van der Waals surface area contributed by atoms with Gasteiger partial charge in [0.25, 0.3) is 0 Å². The van der Waals surface area contributed by atoms with Crippen molar-refractivity contribution in [1.29, 1.82) is 0 Å². The van der Waals surface area contributed by atoms with E-state index in [0.29, 0.717) is 22.7 Å². The van der Waals surface area contributed by atoms with Gasteiger partial charge in [0.2, 0.25) is 0 Å². The molecule has 2 aromatic heterocycles. The Labute approximate surface area is 98.4 Å². The van der Waals surface area contributed by atoms with E-state index in [9.17, 15) is 4.79 Å². The zero-order valence-corrected chi connectivity index (χ0v) is 9.85. The lowest BCUT2D eigenvalue weighted by Gasteiger charge is -2.00. The molecule has 2 aromatic rings. The first-order chi connectivity index (χ1) is 8.13. The van der Waals surface area contributed by atoms with Crippen LogP contribution in [0, 0.1) is 13.8 Å². The van der Waals surface area contributed by atoms with Crippen molar-refractivity contribution in [3.63, 3.8) is 0 Å². The van der Waals surface area contributed by atoms with Crippen LogP contribution in [-0.2, 0) is 4.74 Å². The minimum atomic E-state index is -0.470. The van der Waals surface area contributed by atoms with E-state index in [0.717, 1.165) is 5.56 Å². The highest BCUT2D eigenvalue weighted by atomic mass is 16.5. The summed E-state index contributed by atoms with van der Waals surface area (Å²) in [5, 5.41) is 3.86. The molecule has 2 heterocycles. The van der Waals surface area contributed by atoms with Crippen molar-refractivity contribution in [3.8, 4) is 11.4 Å². The van der Waals surface area contributed by atoms with Crippen LogP contribution in [0.4, 0.5) is 0 Å². The van der Waals surface area contributed by atoms with Gasteiger partial charge in [-0.2, -0.15) is 0 Å². The first-order valence-corrected chi connectivity index (χ1v) is 5.11. The summed E-state index contributed by atoms with van der Waals surface area (Å²) in [5.41, 5.74) is 2.37. The number of carbonyl (C=O) groups excluding carboxylic acids is 1. The van der Waals surface area contributed by atoms with Gasteiger partial charge in [0.05, 0.1) is 12.8 Å². The van der Waals surface area contributed by atoms with E-state index in [1.807, 2.05) is 19.1 Å². The molecule has 0 amide bonds. The Kier molecular flexibility index (Phi) is 2.91. The number of rotatable bonds is 2. The van der Waals surface area contributed by atoms with Gasteiger partial charge in [-0.15, -0.1) is 0 Å². The van der Waals surface area contributed by atoms with E-state index in [1.54, 1.807) is 13.1 Å². The SMILES string of the molecule is COC(=O)c1c(-c2cc(C)ccn2)noc1C. The highest BCUT2D eigenvalue weighted by Crippen LogP contribution is 2.24. The first-order valence-electron chi connectivity index (χ1n) is 5.11. The number of aryl methyl sites for hydroxylation is 2. The largest absolute Gasteiger partial charge is 0.465 e. The molecule has 0 aliphatic heterocycles. The molecule has 88 valence electrons. The van der Waals surface area contributed by atoms with Crippen molar-refractivity contribution in [1.82, 2.24) is 10.1 Å². The van der Waals surface area contributed by atoms with E-state index < -0.39 is 5.97 Å². The third-order valence-corrected chi connectivity index (χ3v) is 2.41. The molecule has 0 spiro atoms. The predicted molar refractivity (Wildman–Crippen MR) is 60.5 cm³/mol. The van der Waals surface area contributed by atoms with Crippen LogP contribution in [0.1, 0.15) is 21.7 Å². The smallest absolute Gasteiger partial charge is 0.343 e. The second-order valence-electron chi connectivity index (χ2n) is 3.67. The molecule has 0 atom stereocenters. The monoisotopic (exact) mass is 232 g/mol. The summed E-state index contributed by atoms with van der Waals surface area (Å²) < 4.78 is 9.72. The molecule has 0 fully saturated rings. The Morgan fingerprint density at radius 1 is 1.41 bits per heavy atom. The molecule has 0 aliphatic rings. The lowest BCUT2D eigenvalue weighted by atomic mass is 10.1. The lowest BCUT2D eigenvalue weighted by Crippen LogP contribution is -2.04. The van der Waals surface area contributed by atoms with Gasteiger partial charge < -0.3 is 9.26 Å². The number of ether oxygens (including phenoxy) is 1. The Hall–Kier alpha value is -2.17. The molecule has 0 radical (unpaired) electrons. The average Bonchev–Trinajstić information content (AvgIpc) is 2.70. The average molecular weight is 232 g/mol. The summed E-state index contributed by atoms with van der Waals surface area (Å²) in [4.78, 5) is 15.8. The molecule has 5 nitrogen and oxygen atoms in total. The van der Waals surface area contributed by atoms with Crippen LogP contribution in [0.25, 0.3) is 11.4 Å². The Morgan fingerprint density at radius 2 is 2.18 bits per heavy atom. The fraction of sp³-hybridized carbons (Fsp3) is 0.250. The van der Waals surface area contributed by atoms with Crippen molar-refractivity contribution in [2.75, 3.05) is 7.11 Å². The third-order valence-electron chi connectivity index (χ3n) is 2.41. The predicted octanol–water partition coefficient (Wildman–Crippen LogP) is 2.14. The van der Waals surface area contributed by atoms with Crippen molar-refractivity contribution < 1.29 is 14.1 Å². The van der Waals surface area contributed by atoms with E-state index in [4.69, 9.17) is 9.26 Å². The molecule has 0 aromatic carbocycles. The quantitative estimate of drug-likeness (QED) is 0.742. The minimum absolute atomic E-state index is 0.325. The van der Waals surface area contributed by atoms with Crippen LogP contribution in [0.5, 0.6) is 0 Å². The minimum Gasteiger partial charge on any atom is -0.465 e. The molecule has 0 saturated heterocycles. The number of pyridine rings is 1. The topological polar surface area (TPSA) is 65.2 Å². The molecule has 0 unspecified atom stereocenters. The Morgan fingerprint density at radius 3 is 2.82 bits per heavy atom. The summed E-state index contributed by atoms with van der Waals surface area (Å²) in [5.74, 6) is -0.0442. The number of aromatic nitrogens is 2. The van der Waals surface area contributed by atoms with E-state index in [1.165, 1.54) is 7.11 Å². The number of hydrogen-bond acceptors (Lipinski definition) is 5. The Bertz CT molecular complexity index is 561. The van der Waals surface area contributed by atoms with Crippen LogP contribution in [0.3, 0.4) is 0 Å². The van der Waals surface area contributed by atoms with Gasteiger partial charge in [-0.1, -0.05) is 5.16 Å². The van der Waals surface area contributed by atoms with Gasteiger partial charge in [-0.05, 0) is 31.5 Å². The second kappa shape index (κ2) is 4.37. The summed E-state index contributed by atoms with van der Waals surface area (Å²) >= 11 is 0. The van der Waals surface area contributed by atoms with Crippen molar-refractivity contribution in [3.05, 3.63) is 35.2 Å². The zero-order chi connectivity index (χ0) is 12.4. The molecule has 0 saturated carbocycles. The van der Waals surface area contributed by atoms with Gasteiger partial charge >= 0.3 is 5.97 Å². The van der Waals surface area contributed by atoms with Crippen LogP contribution in [0.15, 0.2) is 22.9 Å². The highest BCUT2D eigenvalue weighted by molar-refractivity contribution is 5.96. The fourth-order valence-corrected chi connectivity index (χ4v) is 1.56. The molecule has 0 aliphatic carbocycles. The number of methoxy groups -OCH3 is 1. The number of esters is 1. The maximum Gasteiger partial charge on any atom is 0.343 e. The zero-order valence-electron chi connectivity index (χ0n) is 9.85. The van der Waals surface area contributed by atoms with Crippen molar-refractivity contribution >= 4 is 5.97 Å². The highest BCUT2D eigenvalue weighted by Gasteiger charge is 2.22. The van der Waals surface area contributed by atoms with Crippen molar-refractivity contribution in [2.45, 2.75) is 13.8 Å². The standard InChI is InChI=1S/C12H12N2O3/c1-7-4-5-13-9(6-7)11-10(12(15)16-3)8(2)17-14-11/h4-6H,1-3H3. The van der Waals surface area contributed by atoms with Crippen LogP contribution in [-0.4, -0.2) is 23.2 Å². The van der Waals surface area contributed by atoms with Gasteiger partial charge in [0.15, 0.2) is 0 Å². The van der Waals surface area contributed by atoms with Gasteiger partial charge in [-0.3, -0.25) is 4.98 Å². The Balaban J connectivity index is 2.57. The maximum atomic E-state index is 11.6. The first kappa shape index (κ1) is 11.3. The van der Waals surface area contributed by atoms with E-state index in [2.05, 4.69) is 10.1 Å². The fourth-order valence-electron chi connectivity index (χ4n) is 1.56. The van der Waals surface area contributed by atoms with Gasteiger partial charge in [0.1, 0.15) is 17.0 Å². The molecule has 5 heteroatoms.